The van der Waals surface area contributed by atoms with Crippen LogP contribution in [0.5, 0.6) is 0 Å². The van der Waals surface area contributed by atoms with Crippen LogP contribution in [0.2, 0.25) is 0 Å². The van der Waals surface area contributed by atoms with E-state index in [0.29, 0.717) is 6.04 Å². The lowest BCUT2D eigenvalue weighted by Gasteiger charge is -2.27. The van der Waals surface area contributed by atoms with Gasteiger partial charge in [-0.15, -0.1) is 5.10 Å². The van der Waals surface area contributed by atoms with Crippen molar-refractivity contribution in [3.05, 3.63) is 12.4 Å². The number of carbonyl (C=O) groups is 1. The fourth-order valence-electron chi connectivity index (χ4n) is 3.11. The molecule has 0 bridgehead atoms. The summed E-state index contributed by atoms with van der Waals surface area (Å²) in [5, 5.41) is 7.82. The van der Waals surface area contributed by atoms with Crippen LogP contribution in [0.4, 0.5) is 0 Å². The summed E-state index contributed by atoms with van der Waals surface area (Å²) >= 11 is 0. The van der Waals surface area contributed by atoms with Crippen molar-refractivity contribution in [2.24, 2.45) is 0 Å². The molecule has 2 saturated heterocycles. The van der Waals surface area contributed by atoms with Gasteiger partial charge in [0.15, 0.2) is 0 Å². The first-order chi connectivity index (χ1) is 9.78. The number of hydrazine groups is 1. The second-order valence-corrected chi connectivity index (χ2v) is 5.63. The molecule has 7 heteroatoms. The highest BCUT2D eigenvalue weighted by Crippen LogP contribution is 2.21. The summed E-state index contributed by atoms with van der Waals surface area (Å²) < 4.78 is 1.81. The zero-order valence-electron chi connectivity index (χ0n) is 11.8. The first-order valence-corrected chi connectivity index (χ1v) is 7.43. The molecule has 0 aliphatic carbocycles. The number of nitrogens with one attached hydrogen (secondary N) is 2. The number of rotatable bonds is 4. The Morgan fingerprint density at radius 1 is 1.45 bits per heavy atom. The number of nitrogens with zero attached hydrogens (tertiary/aromatic N) is 4. The third-order valence-electron chi connectivity index (χ3n) is 4.30. The van der Waals surface area contributed by atoms with Crippen LogP contribution < -0.4 is 10.9 Å². The van der Waals surface area contributed by atoms with Gasteiger partial charge >= 0.3 is 0 Å². The summed E-state index contributed by atoms with van der Waals surface area (Å²) in [5.74, 6) is 0.219. The summed E-state index contributed by atoms with van der Waals surface area (Å²) in [6.45, 7) is 3.73. The van der Waals surface area contributed by atoms with Gasteiger partial charge in [0.05, 0.1) is 18.8 Å². The summed E-state index contributed by atoms with van der Waals surface area (Å²) in [5.41, 5.74) is 6.33. The molecule has 3 atom stereocenters. The van der Waals surface area contributed by atoms with Gasteiger partial charge in [-0.1, -0.05) is 12.1 Å². The zero-order valence-corrected chi connectivity index (χ0v) is 11.8. The Hall–Kier alpha value is -1.47. The van der Waals surface area contributed by atoms with Crippen LogP contribution in [0.3, 0.4) is 0 Å². The van der Waals surface area contributed by atoms with Crippen molar-refractivity contribution in [2.75, 3.05) is 6.54 Å². The number of carbonyl (C=O) groups excluding carboxylic acids is 1. The standard InChI is InChI=1S/C13H22N6O/c1-2-10-8-12(16-15-10)13(20)19-6-3-4-11(19)9-18-7-5-14-17-18/h5,7,10-12,15-16H,2-4,6,8-9H2,1H3/t10?,11-,12?/m0/s1. The van der Waals surface area contributed by atoms with E-state index in [-0.39, 0.29) is 18.0 Å². The summed E-state index contributed by atoms with van der Waals surface area (Å²) in [6, 6.07) is 0.559. The number of amides is 1. The van der Waals surface area contributed by atoms with Crippen molar-refractivity contribution in [3.8, 4) is 0 Å². The normalized spacial score (nSPS) is 30.1. The Labute approximate surface area is 118 Å². The maximum atomic E-state index is 12.6. The summed E-state index contributed by atoms with van der Waals surface area (Å²) in [7, 11) is 0. The predicted octanol–water partition coefficient (Wildman–Crippen LogP) is -0.0858. The Bertz CT molecular complexity index is 448. The third-order valence-corrected chi connectivity index (χ3v) is 4.30. The van der Waals surface area contributed by atoms with E-state index in [4.69, 9.17) is 0 Å². The van der Waals surface area contributed by atoms with Crippen molar-refractivity contribution >= 4 is 5.91 Å². The van der Waals surface area contributed by atoms with Crippen LogP contribution in [0.15, 0.2) is 12.4 Å². The fraction of sp³-hybridized carbons (Fsp3) is 0.769. The van der Waals surface area contributed by atoms with Gasteiger partial charge in [-0.2, -0.15) is 0 Å². The van der Waals surface area contributed by atoms with Crippen LogP contribution >= 0.6 is 0 Å². The molecule has 2 aliphatic heterocycles. The molecule has 3 rings (SSSR count). The van der Waals surface area contributed by atoms with Crippen molar-refractivity contribution in [3.63, 3.8) is 0 Å². The Kier molecular flexibility index (Phi) is 3.98. The quantitative estimate of drug-likeness (QED) is 0.805. The number of likely N-dealkylation sites (tertiary alicyclic amines) is 1. The Morgan fingerprint density at radius 2 is 2.35 bits per heavy atom. The molecule has 7 nitrogen and oxygen atoms in total. The molecule has 0 spiro atoms. The maximum absolute atomic E-state index is 12.6. The van der Waals surface area contributed by atoms with E-state index in [9.17, 15) is 4.79 Å². The van der Waals surface area contributed by atoms with E-state index in [1.165, 1.54) is 0 Å². The van der Waals surface area contributed by atoms with E-state index in [2.05, 4.69) is 28.1 Å². The first kappa shape index (κ1) is 13.5. The lowest BCUT2D eigenvalue weighted by atomic mass is 10.1. The molecule has 2 unspecified atom stereocenters. The van der Waals surface area contributed by atoms with E-state index in [1.807, 2.05) is 15.8 Å². The number of aromatic nitrogens is 3. The van der Waals surface area contributed by atoms with Gasteiger partial charge in [-0.3, -0.25) is 14.9 Å². The van der Waals surface area contributed by atoms with Gasteiger partial charge in [0, 0.05) is 18.8 Å². The molecule has 20 heavy (non-hydrogen) atoms. The topological polar surface area (TPSA) is 75.1 Å². The Balaban J connectivity index is 1.61. The Morgan fingerprint density at radius 3 is 3.05 bits per heavy atom. The minimum Gasteiger partial charge on any atom is -0.336 e. The van der Waals surface area contributed by atoms with E-state index in [1.54, 1.807) is 6.20 Å². The van der Waals surface area contributed by atoms with E-state index in [0.717, 1.165) is 38.8 Å². The van der Waals surface area contributed by atoms with E-state index < -0.39 is 0 Å². The molecular formula is C13H22N6O. The smallest absolute Gasteiger partial charge is 0.241 e. The molecule has 2 fully saturated rings. The van der Waals surface area contributed by atoms with Gasteiger partial charge in [-0.25, -0.2) is 5.43 Å². The molecule has 0 saturated carbocycles. The van der Waals surface area contributed by atoms with Crippen LogP contribution in [0.25, 0.3) is 0 Å². The van der Waals surface area contributed by atoms with Crippen molar-refractivity contribution in [1.29, 1.82) is 0 Å². The fourth-order valence-corrected chi connectivity index (χ4v) is 3.11. The molecular weight excluding hydrogens is 256 g/mol. The molecule has 0 radical (unpaired) electrons. The SMILES string of the molecule is CCC1CC(C(=O)N2CCC[C@H]2Cn2ccnn2)NN1. The van der Waals surface area contributed by atoms with Gasteiger partial charge in [0.25, 0.3) is 0 Å². The average Bonchev–Trinajstić information content (AvgIpc) is 3.20. The van der Waals surface area contributed by atoms with Crippen LogP contribution in [-0.4, -0.2) is 50.5 Å². The molecule has 2 N–H and O–H groups in total. The highest BCUT2D eigenvalue weighted by atomic mass is 16.2. The number of hydrogen-bond donors (Lipinski definition) is 2. The molecule has 2 aliphatic rings. The van der Waals surface area contributed by atoms with Crippen LogP contribution in [0.1, 0.15) is 32.6 Å². The van der Waals surface area contributed by atoms with Gasteiger partial charge in [-0.05, 0) is 25.7 Å². The summed E-state index contributed by atoms with van der Waals surface area (Å²) in [6.07, 6.45) is 7.56. The molecule has 1 aromatic heterocycles. The first-order valence-electron chi connectivity index (χ1n) is 7.43. The molecule has 0 aromatic carbocycles. The minimum absolute atomic E-state index is 0.0868. The summed E-state index contributed by atoms with van der Waals surface area (Å²) in [4.78, 5) is 14.6. The lowest BCUT2D eigenvalue weighted by molar-refractivity contribution is -0.134. The predicted molar refractivity (Wildman–Crippen MR) is 73.5 cm³/mol. The van der Waals surface area contributed by atoms with Gasteiger partial charge in [0.1, 0.15) is 6.04 Å². The molecule has 1 amide bonds. The zero-order chi connectivity index (χ0) is 13.9. The second-order valence-electron chi connectivity index (χ2n) is 5.63. The van der Waals surface area contributed by atoms with Crippen molar-refractivity contribution < 1.29 is 4.79 Å². The highest BCUT2D eigenvalue weighted by Gasteiger charge is 2.36. The van der Waals surface area contributed by atoms with E-state index >= 15 is 0 Å². The van der Waals surface area contributed by atoms with Crippen LogP contribution in [-0.2, 0) is 11.3 Å². The monoisotopic (exact) mass is 278 g/mol. The third kappa shape index (κ3) is 2.69. The van der Waals surface area contributed by atoms with Crippen molar-refractivity contribution in [2.45, 2.75) is 57.3 Å². The maximum Gasteiger partial charge on any atom is 0.241 e. The minimum atomic E-state index is -0.0868. The largest absolute Gasteiger partial charge is 0.336 e. The average molecular weight is 278 g/mol. The van der Waals surface area contributed by atoms with Crippen LogP contribution in [0, 0.1) is 0 Å². The number of hydrogen-bond acceptors (Lipinski definition) is 5. The van der Waals surface area contributed by atoms with Gasteiger partial charge < -0.3 is 4.90 Å². The second kappa shape index (κ2) is 5.88. The molecule has 110 valence electrons. The van der Waals surface area contributed by atoms with Crippen molar-refractivity contribution in [1.82, 2.24) is 30.7 Å². The highest BCUT2D eigenvalue weighted by molar-refractivity contribution is 5.82. The molecule has 3 heterocycles. The van der Waals surface area contributed by atoms with Gasteiger partial charge in [0.2, 0.25) is 5.91 Å². The molecule has 1 aromatic rings. The lowest BCUT2D eigenvalue weighted by Crippen LogP contribution is -2.48.